The van der Waals surface area contributed by atoms with Crippen molar-refractivity contribution in [3.8, 4) is 11.1 Å². The standard InChI is InChI=1S/C35H24/c1-21-10-11-23-19-27-17-22(12-13-24(27)18-26(23)16-21)25-14-15-32-33(20-25)35-30-8-4-2-6-28(30)34(32)29-7-3-5-9-31(29)35/h2-20,34-35H,1H3. The molecule has 164 valence electrons. The predicted molar refractivity (Wildman–Crippen MR) is 146 cm³/mol. The van der Waals surface area contributed by atoms with E-state index in [1.807, 2.05) is 0 Å². The maximum Gasteiger partial charge on any atom is 0.0349 e. The first-order chi connectivity index (χ1) is 17.2. The van der Waals surface area contributed by atoms with Crippen LogP contribution >= 0.6 is 0 Å². The van der Waals surface area contributed by atoms with E-state index in [0.717, 1.165) is 0 Å². The highest BCUT2D eigenvalue weighted by Gasteiger charge is 2.40. The van der Waals surface area contributed by atoms with Gasteiger partial charge in [0, 0.05) is 11.8 Å². The van der Waals surface area contributed by atoms with Crippen LogP contribution in [0.5, 0.6) is 0 Å². The zero-order valence-electron chi connectivity index (χ0n) is 19.6. The van der Waals surface area contributed by atoms with Crippen LogP contribution in [0, 0.1) is 6.92 Å². The SMILES string of the molecule is Cc1ccc2cc3cc(-c4ccc5c(c4)C4c6ccccc6C5c5ccccc54)ccc3cc2c1. The van der Waals surface area contributed by atoms with Crippen LogP contribution in [0.3, 0.4) is 0 Å². The summed E-state index contributed by atoms with van der Waals surface area (Å²) < 4.78 is 0. The van der Waals surface area contributed by atoms with Crippen molar-refractivity contribution < 1.29 is 0 Å². The van der Waals surface area contributed by atoms with E-state index in [4.69, 9.17) is 0 Å². The Morgan fingerprint density at radius 2 is 0.857 bits per heavy atom. The van der Waals surface area contributed by atoms with E-state index in [9.17, 15) is 0 Å². The molecule has 0 spiro atoms. The predicted octanol–water partition coefficient (Wildman–Crippen LogP) is 8.96. The van der Waals surface area contributed by atoms with Crippen molar-refractivity contribution in [1.29, 1.82) is 0 Å². The van der Waals surface area contributed by atoms with Crippen LogP contribution in [0.4, 0.5) is 0 Å². The largest absolute Gasteiger partial charge is 0.0619 e. The van der Waals surface area contributed by atoms with Gasteiger partial charge in [-0.2, -0.15) is 0 Å². The molecule has 3 aliphatic carbocycles. The summed E-state index contributed by atoms with van der Waals surface area (Å²) in [7, 11) is 0. The molecule has 6 aromatic rings. The molecule has 3 aliphatic rings. The summed E-state index contributed by atoms with van der Waals surface area (Å²) in [6.07, 6.45) is 0. The summed E-state index contributed by atoms with van der Waals surface area (Å²) in [5.74, 6) is 0.651. The molecular weight excluding hydrogens is 420 g/mol. The Hall–Kier alpha value is -4.16. The second-order valence-corrected chi connectivity index (χ2v) is 10.2. The molecule has 0 heteroatoms. The fourth-order valence-corrected chi connectivity index (χ4v) is 6.64. The van der Waals surface area contributed by atoms with Gasteiger partial charge in [0.1, 0.15) is 0 Å². The minimum absolute atomic E-state index is 0.315. The summed E-state index contributed by atoms with van der Waals surface area (Å²) in [6, 6.07) is 43.6. The van der Waals surface area contributed by atoms with E-state index in [1.54, 1.807) is 0 Å². The molecule has 0 nitrogen and oxygen atoms in total. The van der Waals surface area contributed by atoms with Gasteiger partial charge in [-0.05, 0) is 97.2 Å². The molecule has 0 saturated heterocycles. The zero-order chi connectivity index (χ0) is 23.1. The molecular formula is C35H24. The van der Waals surface area contributed by atoms with Gasteiger partial charge in [-0.15, -0.1) is 0 Å². The van der Waals surface area contributed by atoms with E-state index in [2.05, 4.69) is 122 Å². The quantitative estimate of drug-likeness (QED) is 0.222. The van der Waals surface area contributed by atoms with Gasteiger partial charge in [0.25, 0.3) is 0 Å². The molecule has 0 N–H and O–H groups in total. The number of aryl methyl sites for hydroxylation is 1. The molecule has 0 aliphatic heterocycles. The lowest BCUT2D eigenvalue weighted by Crippen LogP contribution is -2.27. The molecule has 0 fully saturated rings. The van der Waals surface area contributed by atoms with Gasteiger partial charge in [-0.3, -0.25) is 0 Å². The third-order valence-corrected chi connectivity index (χ3v) is 8.23. The molecule has 35 heavy (non-hydrogen) atoms. The molecule has 0 unspecified atom stereocenters. The van der Waals surface area contributed by atoms with Gasteiger partial charge in [-0.25, -0.2) is 0 Å². The number of rotatable bonds is 1. The summed E-state index contributed by atoms with van der Waals surface area (Å²) in [5.41, 5.74) is 12.7. The van der Waals surface area contributed by atoms with Crippen LogP contribution in [-0.2, 0) is 0 Å². The summed E-state index contributed by atoms with van der Waals surface area (Å²) >= 11 is 0. The van der Waals surface area contributed by atoms with Crippen LogP contribution in [0.25, 0.3) is 32.7 Å². The minimum atomic E-state index is 0.315. The van der Waals surface area contributed by atoms with E-state index in [-0.39, 0.29) is 0 Å². The van der Waals surface area contributed by atoms with Crippen molar-refractivity contribution in [1.82, 2.24) is 0 Å². The topological polar surface area (TPSA) is 0 Å². The third kappa shape index (κ3) is 2.68. The van der Waals surface area contributed by atoms with Crippen LogP contribution in [0.2, 0.25) is 0 Å². The molecule has 0 heterocycles. The Labute approximate surface area is 205 Å². The molecule has 0 atom stereocenters. The Morgan fingerprint density at radius 3 is 1.51 bits per heavy atom. The first-order valence-corrected chi connectivity index (χ1v) is 12.5. The number of hydrogen-bond donors (Lipinski definition) is 0. The van der Waals surface area contributed by atoms with Crippen molar-refractivity contribution in [2.24, 2.45) is 0 Å². The van der Waals surface area contributed by atoms with Crippen LogP contribution in [0.15, 0.2) is 115 Å². The monoisotopic (exact) mass is 444 g/mol. The lowest BCUT2D eigenvalue weighted by Gasteiger charge is -2.42. The highest BCUT2D eigenvalue weighted by atomic mass is 14.4. The van der Waals surface area contributed by atoms with Gasteiger partial charge in [0.2, 0.25) is 0 Å². The van der Waals surface area contributed by atoms with Crippen LogP contribution in [0.1, 0.15) is 50.8 Å². The Kier molecular flexibility index (Phi) is 3.80. The molecule has 0 radical (unpaired) electrons. The van der Waals surface area contributed by atoms with E-state index in [0.29, 0.717) is 11.8 Å². The summed E-state index contributed by atoms with van der Waals surface area (Å²) in [4.78, 5) is 0. The molecule has 0 saturated carbocycles. The number of fused-ring (bicyclic) bond motifs is 2. The Balaban J connectivity index is 1.30. The summed E-state index contributed by atoms with van der Waals surface area (Å²) in [6.45, 7) is 2.16. The van der Waals surface area contributed by atoms with Crippen LogP contribution < -0.4 is 0 Å². The molecule has 0 aromatic heterocycles. The van der Waals surface area contributed by atoms with Crippen molar-refractivity contribution in [2.75, 3.05) is 0 Å². The number of benzene rings is 6. The van der Waals surface area contributed by atoms with E-state index < -0.39 is 0 Å². The maximum absolute atomic E-state index is 2.46. The van der Waals surface area contributed by atoms with Gasteiger partial charge in [0.15, 0.2) is 0 Å². The van der Waals surface area contributed by atoms with Gasteiger partial charge in [0.05, 0.1) is 0 Å². The van der Waals surface area contributed by atoms with Gasteiger partial charge < -0.3 is 0 Å². The fraction of sp³-hybridized carbons (Fsp3) is 0.0857. The van der Waals surface area contributed by atoms with Crippen molar-refractivity contribution in [2.45, 2.75) is 18.8 Å². The van der Waals surface area contributed by atoms with Crippen molar-refractivity contribution in [3.05, 3.63) is 154 Å². The Bertz CT molecular complexity index is 1770. The lowest BCUT2D eigenvalue weighted by atomic mass is 9.61. The average molecular weight is 445 g/mol. The first kappa shape index (κ1) is 19.2. The molecule has 2 bridgehead atoms. The fourth-order valence-electron chi connectivity index (χ4n) is 6.64. The highest BCUT2D eigenvalue weighted by Crippen LogP contribution is 2.56. The molecule has 0 amide bonds. The second-order valence-electron chi connectivity index (χ2n) is 10.2. The minimum Gasteiger partial charge on any atom is -0.0619 e. The second kappa shape index (κ2) is 6.93. The van der Waals surface area contributed by atoms with Crippen molar-refractivity contribution in [3.63, 3.8) is 0 Å². The number of hydrogen-bond acceptors (Lipinski definition) is 0. The molecule has 6 aromatic carbocycles. The highest BCUT2D eigenvalue weighted by molar-refractivity contribution is 6.00. The van der Waals surface area contributed by atoms with Gasteiger partial charge >= 0.3 is 0 Å². The molecule has 9 rings (SSSR count). The van der Waals surface area contributed by atoms with Crippen molar-refractivity contribution >= 4 is 21.5 Å². The zero-order valence-corrected chi connectivity index (χ0v) is 19.6. The van der Waals surface area contributed by atoms with E-state index >= 15 is 0 Å². The van der Waals surface area contributed by atoms with E-state index in [1.165, 1.54) is 71.6 Å². The third-order valence-electron chi connectivity index (χ3n) is 8.23. The lowest BCUT2D eigenvalue weighted by molar-refractivity contribution is 0.755. The van der Waals surface area contributed by atoms with Crippen LogP contribution in [-0.4, -0.2) is 0 Å². The maximum atomic E-state index is 2.46. The smallest absolute Gasteiger partial charge is 0.0349 e. The first-order valence-electron chi connectivity index (χ1n) is 12.5. The Morgan fingerprint density at radius 1 is 0.371 bits per heavy atom. The average Bonchev–Trinajstić information content (AvgIpc) is 2.91. The summed E-state index contributed by atoms with van der Waals surface area (Å²) in [5, 5.41) is 5.21. The normalized spacial score (nSPS) is 17.3. The van der Waals surface area contributed by atoms with Gasteiger partial charge in [-0.1, -0.05) is 96.6 Å².